The van der Waals surface area contributed by atoms with Crippen molar-refractivity contribution in [1.82, 2.24) is 8.26 Å². The highest BCUT2D eigenvalue weighted by Crippen LogP contribution is 2.22. The molecule has 2 aromatic rings. The van der Waals surface area contributed by atoms with Gasteiger partial charge in [-0.15, -0.1) is 0 Å². The van der Waals surface area contributed by atoms with E-state index in [2.05, 4.69) is 0 Å². The van der Waals surface area contributed by atoms with Gasteiger partial charge in [-0.3, -0.25) is 8.75 Å². The van der Waals surface area contributed by atoms with E-state index >= 15 is 0 Å². The van der Waals surface area contributed by atoms with Crippen LogP contribution in [0, 0.1) is 0 Å². The summed E-state index contributed by atoms with van der Waals surface area (Å²) in [6.07, 6.45) is 0. The van der Waals surface area contributed by atoms with Gasteiger partial charge < -0.3 is 4.74 Å². The Morgan fingerprint density at radius 3 is 2.65 bits per heavy atom. The van der Waals surface area contributed by atoms with E-state index in [0.29, 0.717) is 31.7 Å². The van der Waals surface area contributed by atoms with Gasteiger partial charge in [-0.1, -0.05) is 0 Å². The summed E-state index contributed by atoms with van der Waals surface area (Å²) in [5, 5.41) is 0.451. The maximum Gasteiger partial charge on any atom is 0.257 e. The maximum atomic E-state index is 12.5. The molecule has 0 radical (unpaired) electrons. The smallest absolute Gasteiger partial charge is 0.257 e. The van der Waals surface area contributed by atoms with Gasteiger partial charge in [0.1, 0.15) is 0 Å². The minimum absolute atomic E-state index is 0.124. The summed E-state index contributed by atoms with van der Waals surface area (Å²) in [6, 6.07) is 4.71. The predicted octanol–water partition coefficient (Wildman–Crippen LogP) is 0.621. The van der Waals surface area contributed by atoms with Crippen LogP contribution in [0.15, 0.2) is 27.9 Å². The molecule has 1 saturated heterocycles. The first kappa shape index (κ1) is 13.7. The monoisotopic (exact) mass is 314 g/mol. The molecule has 0 aliphatic carbocycles. The molecule has 0 atom stereocenters. The van der Waals surface area contributed by atoms with Crippen LogP contribution in [-0.4, -0.2) is 43.0 Å². The summed E-state index contributed by atoms with van der Waals surface area (Å²) in [7, 11) is -1.77. The zero-order chi connectivity index (χ0) is 14.3. The number of sulfonamides is 1. The van der Waals surface area contributed by atoms with Gasteiger partial charge in [0.15, 0.2) is 0 Å². The van der Waals surface area contributed by atoms with Crippen LogP contribution in [0.2, 0.25) is 0 Å². The van der Waals surface area contributed by atoms with Crippen molar-refractivity contribution in [2.75, 3.05) is 26.3 Å². The molecule has 1 aromatic heterocycles. The van der Waals surface area contributed by atoms with E-state index in [0.717, 1.165) is 17.0 Å². The Morgan fingerprint density at radius 2 is 1.95 bits per heavy atom. The number of hydrogen-bond donors (Lipinski definition) is 0. The number of nitrogens with zero attached hydrogens (tertiary/aromatic N) is 2. The number of aromatic nitrogens is 1. The maximum absolute atomic E-state index is 12.5. The van der Waals surface area contributed by atoms with Crippen LogP contribution >= 0.6 is 11.5 Å². The summed E-state index contributed by atoms with van der Waals surface area (Å²) in [5.41, 5.74) is 0.751. The molecule has 1 aliphatic heterocycles. The number of rotatable bonds is 2. The Hall–Kier alpha value is -1.22. The summed E-state index contributed by atoms with van der Waals surface area (Å²) in [4.78, 5) is 12.0. The van der Waals surface area contributed by atoms with E-state index < -0.39 is 10.0 Å². The highest BCUT2D eigenvalue weighted by molar-refractivity contribution is 7.89. The molecule has 0 N–H and O–H groups in total. The lowest BCUT2D eigenvalue weighted by molar-refractivity contribution is 0.0730. The second-order valence-electron chi connectivity index (χ2n) is 4.57. The molecule has 0 spiro atoms. The molecular weight excluding hydrogens is 300 g/mol. The molecule has 1 fully saturated rings. The van der Waals surface area contributed by atoms with Crippen LogP contribution in [0.5, 0.6) is 0 Å². The second-order valence-corrected chi connectivity index (χ2v) is 7.61. The van der Waals surface area contributed by atoms with Crippen molar-refractivity contribution < 1.29 is 13.2 Å². The fourth-order valence-corrected chi connectivity index (χ4v) is 4.48. The summed E-state index contributed by atoms with van der Waals surface area (Å²) < 4.78 is 33.2. The van der Waals surface area contributed by atoms with Gasteiger partial charge in [0.25, 0.3) is 4.74 Å². The number of morpholine rings is 1. The molecule has 0 amide bonds. The van der Waals surface area contributed by atoms with Gasteiger partial charge in [0, 0.05) is 20.1 Å². The molecule has 20 heavy (non-hydrogen) atoms. The van der Waals surface area contributed by atoms with E-state index in [1.165, 1.54) is 10.4 Å². The zero-order valence-electron chi connectivity index (χ0n) is 10.9. The summed E-state index contributed by atoms with van der Waals surface area (Å²) in [6.45, 7) is 1.51. The van der Waals surface area contributed by atoms with Crippen LogP contribution in [0.3, 0.4) is 0 Å². The van der Waals surface area contributed by atoms with Gasteiger partial charge in [-0.05, 0) is 29.7 Å². The van der Waals surface area contributed by atoms with Gasteiger partial charge in [-0.2, -0.15) is 4.31 Å². The molecule has 0 bridgehead atoms. The molecule has 1 aromatic carbocycles. The van der Waals surface area contributed by atoms with Crippen LogP contribution in [0.1, 0.15) is 0 Å². The Kier molecular flexibility index (Phi) is 3.41. The van der Waals surface area contributed by atoms with Crippen LogP contribution in [-0.2, 0) is 21.8 Å². The number of benzene rings is 1. The molecule has 8 heteroatoms. The molecule has 108 valence electrons. The summed E-state index contributed by atoms with van der Waals surface area (Å²) >= 11 is 1.07. The molecule has 2 heterocycles. The number of ether oxygens (including phenoxy) is 1. The van der Waals surface area contributed by atoms with Crippen molar-refractivity contribution in [3.63, 3.8) is 0 Å². The molecule has 0 unspecified atom stereocenters. The van der Waals surface area contributed by atoms with Gasteiger partial charge in [0.05, 0.1) is 29.0 Å². The van der Waals surface area contributed by atoms with E-state index in [1.54, 1.807) is 23.1 Å². The topological polar surface area (TPSA) is 68.6 Å². The largest absolute Gasteiger partial charge is 0.379 e. The van der Waals surface area contributed by atoms with Crippen molar-refractivity contribution in [2.45, 2.75) is 4.90 Å². The van der Waals surface area contributed by atoms with Gasteiger partial charge >= 0.3 is 0 Å². The lowest BCUT2D eigenvalue weighted by Crippen LogP contribution is -2.40. The fraction of sp³-hybridized carbons (Fsp3) is 0.417. The van der Waals surface area contributed by atoms with E-state index in [4.69, 9.17) is 4.74 Å². The Balaban J connectivity index is 2.09. The average Bonchev–Trinajstić information content (AvgIpc) is 2.75. The molecule has 3 rings (SSSR count). The predicted molar refractivity (Wildman–Crippen MR) is 76.6 cm³/mol. The minimum atomic E-state index is -3.55. The lowest BCUT2D eigenvalue weighted by Gasteiger charge is -2.26. The standard InChI is InChI=1S/C12H14N2O4S2/c1-13-11-3-2-9(8-10(11)12(15)19-13)20(16,17)14-4-6-18-7-5-14/h2-3,8H,4-7H2,1H3. The SMILES string of the molecule is Cn1sc(=O)c2cc(S(=O)(=O)N3CCOCC3)ccc21. The Morgan fingerprint density at radius 1 is 1.25 bits per heavy atom. The van der Waals surface area contributed by atoms with Gasteiger partial charge in [0.2, 0.25) is 10.0 Å². The number of hydrogen-bond acceptors (Lipinski definition) is 5. The van der Waals surface area contributed by atoms with E-state index in [9.17, 15) is 13.2 Å². The zero-order valence-corrected chi connectivity index (χ0v) is 12.5. The van der Waals surface area contributed by atoms with E-state index in [1.807, 2.05) is 0 Å². The minimum Gasteiger partial charge on any atom is -0.379 e. The number of fused-ring (bicyclic) bond motifs is 1. The van der Waals surface area contributed by atoms with Crippen molar-refractivity contribution >= 4 is 32.5 Å². The first-order chi connectivity index (χ1) is 9.50. The Labute approximate surface area is 120 Å². The molecule has 6 nitrogen and oxygen atoms in total. The highest BCUT2D eigenvalue weighted by Gasteiger charge is 2.26. The third kappa shape index (κ3) is 2.18. The third-order valence-corrected chi connectivity index (χ3v) is 6.11. The quantitative estimate of drug-likeness (QED) is 0.815. The first-order valence-electron chi connectivity index (χ1n) is 6.18. The average molecular weight is 314 g/mol. The normalized spacial score (nSPS) is 17.6. The van der Waals surface area contributed by atoms with Crippen LogP contribution in [0.25, 0.3) is 10.9 Å². The van der Waals surface area contributed by atoms with Crippen molar-refractivity contribution in [2.24, 2.45) is 7.05 Å². The summed E-state index contributed by atoms with van der Waals surface area (Å²) in [5.74, 6) is 0. The van der Waals surface area contributed by atoms with Crippen LogP contribution < -0.4 is 4.74 Å². The Bertz CT molecular complexity index is 800. The highest BCUT2D eigenvalue weighted by atomic mass is 32.2. The number of aryl methyl sites for hydroxylation is 1. The van der Waals surface area contributed by atoms with Crippen LogP contribution in [0.4, 0.5) is 0 Å². The molecule has 1 aliphatic rings. The second kappa shape index (κ2) is 4.96. The van der Waals surface area contributed by atoms with Crippen molar-refractivity contribution in [3.8, 4) is 0 Å². The lowest BCUT2D eigenvalue weighted by atomic mass is 10.2. The molecule has 0 saturated carbocycles. The van der Waals surface area contributed by atoms with Crippen molar-refractivity contribution in [3.05, 3.63) is 27.7 Å². The van der Waals surface area contributed by atoms with Crippen molar-refractivity contribution in [1.29, 1.82) is 0 Å². The fourth-order valence-electron chi connectivity index (χ4n) is 2.27. The van der Waals surface area contributed by atoms with Gasteiger partial charge in [-0.25, -0.2) is 8.42 Å². The third-order valence-electron chi connectivity index (χ3n) is 3.35. The van der Waals surface area contributed by atoms with E-state index in [-0.39, 0.29) is 9.64 Å². The molecular formula is C12H14N2O4S2. The first-order valence-corrected chi connectivity index (χ1v) is 8.39.